The van der Waals surface area contributed by atoms with Gasteiger partial charge in [-0.1, -0.05) is 13.0 Å². The Morgan fingerprint density at radius 3 is 2.76 bits per heavy atom. The van der Waals surface area contributed by atoms with Crippen LogP contribution in [-0.4, -0.2) is 51.9 Å². The van der Waals surface area contributed by atoms with Gasteiger partial charge in [0.05, 0.1) is 17.8 Å². The fraction of sp³-hybridized carbons (Fsp3) is 0.684. The van der Waals surface area contributed by atoms with Crippen molar-refractivity contribution in [2.24, 2.45) is 0 Å². The van der Waals surface area contributed by atoms with Gasteiger partial charge in [-0.2, -0.15) is 0 Å². The summed E-state index contributed by atoms with van der Waals surface area (Å²) in [6.45, 7) is 11.0. The Balaban J connectivity index is 1.78. The van der Waals surface area contributed by atoms with Gasteiger partial charge >= 0.3 is 6.09 Å². The molecule has 3 heterocycles. The summed E-state index contributed by atoms with van der Waals surface area (Å²) in [6, 6.07) is 4.36. The van der Waals surface area contributed by atoms with E-state index in [0.29, 0.717) is 19.5 Å². The van der Waals surface area contributed by atoms with E-state index in [1.54, 1.807) is 0 Å². The molecule has 1 fully saturated rings. The first-order chi connectivity index (χ1) is 11.7. The molecule has 1 N–H and O–H groups in total. The number of anilines is 1. The molecule has 1 aromatic rings. The van der Waals surface area contributed by atoms with E-state index < -0.39 is 11.7 Å². The highest BCUT2D eigenvalue weighted by molar-refractivity contribution is 5.69. The van der Waals surface area contributed by atoms with Crippen molar-refractivity contribution in [1.29, 1.82) is 0 Å². The van der Waals surface area contributed by atoms with E-state index in [4.69, 9.17) is 9.72 Å². The zero-order valence-corrected chi connectivity index (χ0v) is 15.8. The van der Waals surface area contributed by atoms with Gasteiger partial charge in [0, 0.05) is 19.1 Å². The van der Waals surface area contributed by atoms with E-state index in [-0.39, 0.29) is 18.2 Å². The Labute approximate surface area is 149 Å². The second-order valence-corrected chi connectivity index (χ2v) is 8.14. The molecule has 6 heteroatoms. The number of piperazine rings is 1. The molecule has 138 valence electrons. The van der Waals surface area contributed by atoms with Crippen LogP contribution in [0.4, 0.5) is 10.6 Å². The van der Waals surface area contributed by atoms with Crippen LogP contribution < -0.4 is 4.90 Å². The van der Waals surface area contributed by atoms with Crippen LogP contribution in [-0.2, 0) is 11.2 Å². The average Bonchev–Trinajstić information content (AvgIpc) is 2.90. The van der Waals surface area contributed by atoms with Gasteiger partial charge in [0.25, 0.3) is 0 Å². The number of aliphatic hydroxyl groups is 1. The minimum atomic E-state index is -0.525. The normalized spacial score (nSPS) is 23.9. The number of pyridine rings is 1. The molecule has 1 aromatic heterocycles. The summed E-state index contributed by atoms with van der Waals surface area (Å²) in [5.41, 5.74) is 1.43. The van der Waals surface area contributed by atoms with Gasteiger partial charge in [-0.05, 0) is 52.2 Å². The predicted molar refractivity (Wildman–Crippen MR) is 96.7 cm³/mol. The number of rotatable bonds is 2. The summed E-state index contributed by atoms with van der Waals surface area (Å²) < 4.78 is 5.54. The molecule has 0 bridgehead atoms. The maximum absolute atomic E-state index is 12.4. The third-order valence-electron chi connectivity index (χ3n) is 4.84. The Morgan fingerprint density at radius 2 is 2.12 bits per heavy atom. The van der Waals surface area contributed by atoms with Crippen LogP contribution in [0.15, 0.2) is 12.1 Å². The van der Waals surface area contributed by atoms with Gasteiger partial charge in [-0.15, -0.1) is 0 Å². The van der Waals surface area contributed by atoms with Gasteiger partial charge in [0.15, 0.2) is 0 Å². The Kier molecular flexibility index (Phi) is 4.66. The van der Waals surface area contributed by atoms with Crippen LogP contribution in [0.3, 0.4) is 0 Å². The summed E-state index contributed by atoms with van der Waals surface area (Å²) in [6.07, 6.45) is 0.749. The van der Waals surface area contributed by atoms with E-state index in [1.165, 1.54) is 5.56 Å². The number of ether oxygens (including phenoxy) is 1. The van der Waals surface area contributed by atoms with Gasteiger partial charge in [0.1, 0.15) is 11.4 Å². The zero-order chi connectivity index (χ0) is 18.4. The lowest BCUT2D eigenvalue weighted by molar-refractivity contribution is 0.0191. The van der Waals surface area contributed by atoms with E-state index in [0.717, 1.165) is 17.9 Å². The van der Waals surface area contributed by atoms with Crippen molar-refractivity contribution >= 4 is 11.9 Å². The van der Waals surface area contributed by atoms with Crippen molar-refractivity contribution < 1.29 is 14.6 Å². The number of hydrogen-bond donors (Lipinski definition) is 1. The molecule has 3 rings (SSSR count). The van der Waals surface area contributed by atoms with Crippen LogP contribution >= 0.6 is 0 Å². The zero-order valence-electron chi connectivity index (χ0n) is 15.8. The summed E-state index contributed by atoms with van der Waals surface area (Å²) in [5.74, 6) is 0.964. The van der Waals surface area contributed by atoms with Crippen LogP contribution in [0, 0.1) is 0 Å². The minimum absolute atomic E-state index is 0.161. The molecule has 6 nitrogen and oxygen atoms in total. The van der Waals surface area contributed by atoms with Crippen molar-refractivity contribution in [1.82, 2.24) is 9.88 Å². The van der Waals surface area contributed by atoms with Crippen molar-refractivity contribution in [3.8, 4) is 0 Å². The number of carbonyl (C=O) groups is 1. The minimum Gasteiger partial charge on any atom is -0.444 e. The first-order valence-electron chi connectivity index (χ1n) is 9.13. The van der Waals surface area contributed by atoms with Crippen molar-refractivity contribution in [3.63, 3.8) is 0 Å². The largest absolute Gasteiger partial charge is 0.444 e. The molecule has 0 aromatic carbocycles. The molecule has 1 saturated heterocycles. The van der Waals surface area contributed by atoms with Gasteiger partial charge in [-0.25, -0.2) is 9.78 Å². The maximum atomic E-state index is 12.4. The summed E-state index contributed by atoms with van der Waals surface area (Å²) in [4.78, 5) is 21.3. The number of amides is 1. The second-order valence-electron chi connectivity index (χ2n) is 8.14. The Bertz CT molecular complexity index is 656. The standard InChI is InChI=1S/C19H29N3O3/c1-6-16(23)15-8-7-13-9-14-11-21(18(24)25-19(3,4)5)10-12(2)22(14)17(13)20-15/h7-8,12,14,16,23H,6,9-11H2,1-5H3. The monoisotopic (exact) mass is 347 g/mol. The summed E-state index contributed by atoms with van der Waals surface area (Å²) >= 11 is 0. The van der Waals surface area contributed by atoms with E-state index in [2.05, 4.69) is 17.9 Å². The van der Waals surface area contributed by atoms with Crippen LogP contribution in [0.25, 0.3) is 0 Å². The van der Waals surface area contributed by atoms with Crippen molar-refractivity contribution in [2.75, 3.05) is 18.0 Å². The van der Waals surface area contributed by atoms with E-state index in [1.807, 2.05) is 38.7 Å². The third-order valence-corrected chi connectivity index (χ3v) is 4.84. The molecule has 25 heavy (non-hydrogen) atoms. The maximum Gasteiger partial charge on any atom is 0.410 e. The van der Waals surface area contributed by atoms with Gasteiger partial charge in [-0.3, -0.25) is 0 Å². The van der Waals surface area contributed by atoms with Crippen LogP contribution in [0.2, 0.25) is 0 Å². The average molecular weight is 347 g/mol. The molecule has 3 unspecified atom stereocenters. The number of aliphatic hydroxyl groups excluding tert-OH is 1. The van der Waals surface area contributed by atoms with E-state index in [9.17, 15) is 9.90 Å². The summed E-state index contributed by atoms with van der Waals surface area (Å²) in [7, 11) is 0. The molecule has 0 saturated carbocycles. The smallest absolute Gasteiger partial charge is 0.410 e. The Hall–Kier alpha value is -1.82. The predicted octanol–water partition coefficient (Wildman–Crippen LogP) is 2.90. The topological polar surface area (TPSA) is 65.9 Å². The van der Waals surface area contributed by atoms with E-state index >= 15 is 0 Å². The molecular weight excluding hydrogens is 318 g/mol. The van der Waals surface area contributed by atoms with Crippen molar-refractivity contribution in [2.45, 2.75) is 71.2 Å². The number of nitrogens with zero attached hydrogens (tertiary/aromatic N) is 3. The van der Waals surface area contributed by atoms with Crippen LogP contribution in [0.5, 0.6) is 0 Å². The molecule has 0 aliphatic carbocycles. The molecule has 0 radical (unpaired) electrons. The first-order valence-corrected chi connectivity index (χ1v) is 9.13. The van der Waals surface area contributed by atoms with Crippen molar-refractivity contribution in [3.05, 3.63) is 23.4 Å². The van der Waals surface area contributed by atoms with Crippen LogP contribution in [0.1, 0.15) is 58.4 Å². The SMILES string of the molecule is CCC(O)c1ccc2c(n1)N1C(C)CN(C(=O)OC(C)(C)C)CC1C2. The molecule has 1 amide bonds. The third kappa shape index (κ3) is 3.59. The highest BCUT2D eigenvalue weighted by atomic mass is 16.6. The quantitative estimate of drug-likeness (QED) is 0.891. The lowest BCUT2D eigenvalue weighted by Crippen LogP contribution is -2.58. The van der Waals surface area contributed by atoms with Gasteiger partial charge < -0.3 is 19.6 Å². The van der Waals surface area contributed by atoms with Gasteiger partial charge in [0.2, 0.25) is 0 Å². The highest BCUT2D eigenvalue weighted by Gasteiger charge is 2.41. The number of hydrogen-bond acceptors (Lipinski definition) is 5. The molecule has 2 aliphatic heterocycles. The Morgan fingerprint density at radius 1 is 1.40 bits per heavy atom. The molecule has 3 atom stereocenters. The highest BCUT2D eigenvalue weighted by Crippen LogP contribution is 2.36. The fourth-order valence-electron chi connectivity index (χ4n) is 3.73. The molecule has 2 aliphatic rings. The fourth-order valence-corrected chi connectivity index (χ4v) is 3.73. The number of aromatic nitrogens is 1. The summed E-state index contributed by atoms with van der Waals surface area (Å²) in [5, 5.41) is 10.1. The second kappa shape index (κ2) is 6.48. The molecular formula is C19H29N3O3. The number of carbonyl (C=O) groups excluding carboxylic acids is 1. The lowest BCUT2D eigenvalue weighted by atomic mass is 10.1. The number of fused-ring (bicyclic) bond motifs is 3. The first kappa shape index (κ1) is 18.0. The molecule has 0 spiro atoms. The lowest BCUT2D eigenvalue weighted by Gasteiger charge is -2.43.